The van der Waals surface area contributed by atoms with Gasteiger partial charge in [0.1, 0.15) is 0 Å². The largest absolute Gasteiger partial charge is 0.316 e. The van der Waals surface area contributed by atoms with E-state index in [1.807, 2.05) is 27.7 Å². The Balaban J connectivity index is 0.000000510. The molecule has 0 bridgehead atoms. The molecule has 2 saturated heterocycles. The highest BCUT2D eigenvalue weighted by Crippen LogP contribution is 2.46. The normalized spacial score (nSPS) is 26.1. The number of nitrogens with one attached hydrogen (secondary N) is 1. The smallest absolute Gasteiger partial charge is 0.00340 e. The summed E-state index contributed by atoms with van der Waals surface area (Å²) in [7, 11) is 0. The van der Waals surface area contributed by atoms with Gasteiger partial charge in [0.05, 0.1) is 0 Å². The number of nitrogens with zero attached hydrogens (tertiary/aromatic N) is 1. The van der Waals surface area contributed by atoms with E-state index in [0.29, 0.717) is 0 Å². The molecular formula is C19H40N2. The Hall–Kier alpha value is -0.0800. The Morgan fingerprint density at radius 1 is 0.905 bits per heavy atom. The average molecular weight is 297 g/mol. The monoisotopic (exact) mass is 296 g/mol. The molecule has 1 aliphatic carbocycles. The first kappa shape index (κ1) is 19.0. The van der Waals surface area contributed by atoms with Crippen molar-refractivity contribution in [1.29, 1.82) is 0 Å². The van der Waals surface area contributed by atoms with Gasteiger partial charge in [-0.15, -0.1) is 0 Å². The molecule has 126 valence electrons. The Morgan fingerprint density at radius 2 is 1.43 bits per heavy atom. The number of hydrogen-bond donors (Lipinski definition) is 1. The van der Waals surface area contributed by atoms with E-state index in [9.17, 15) is 0 Å². The van der Waals surface area contributed by atoms with Crippen molar-refractivity contribution in [3.8, 4) is 0 Å². The van der Waals surface area contributed by atoms with E-state index in [0.717, 1.165) is 17.3 Å². The lowest BCUT2D eigenvalue weighted by atomic mass is 9.66. The van der Waals surface area contributed by atoms with Crippen molar-refractivity contribution in [2.75, 3.05) is 32.7 Å². The Labute approximate surface area is 134 Å². The molecule has 3 fully saturated rings. The quantitative estimate of drug-likeness (QED) is 0.804. The van der Waals surface area contributed by atoms with E-state index in [4.69, 9.17) is 0 Å². The van der Waals surface area contributed by atoms with Crippen LogP contribution in [0.3, 0.4) is 0 Å². The van der Waals surface area contributed by atoms with Gasteiger partial charge in [-0.25, -0.2) is 0 Å². The summed E-state index contributed by atoms with van der Waals surface area (Å²) in [5.74, 6) is 1.95. The predicted octanol–water partition coefficient (Wildman–Crippen LogP) is 4.55. The first-order valence-electron chi connectivity index (χ1n) is 9.69. The first-order valence-corrected chi connectivity index (χ1v) is 9.69. The minimum absolute atomic E-state index is 0.765. The van der Waals surface area contributed by atoms with Crippen molar-refractivity contribution >= 4 is 0 Å². The molecule has 1 saturated carbocycles. The van der Waals surface area contributed by atoms with Crippen LogP contribution in [0, 0.1) is 17.3 Å². The summed E-state index contributed by atoms with van der Waals surface area (Å²) in [5, 5.41) is 3.39. The fourth-order valence-corrected chi connectivity index (χ4v) is 3.93. The molecule has 0 radical (unpaired) electrons. The number of piperidine rings is 1. The van der Waals surface area contributed by atoms with Crippen LogP contribution in [0.5, 0.6) is 0 Å². The third-order valence-corrected chi connectivity index (χ3v) is 5.63. The van der Waals surface area contributed by atoms with Gasteiger partial charge in [0.2, 0.25) is 0 Å². The van der Waals surface area contributed by atoms with Crippen molar-refractivity contribution < 1.29 is 0 Å². The molecule has 3 aliphatic rings. The third-order valence-electron chi connectivity index (χ3n) is 5.63. The zero-order chi connectivity index (χ0) is 15.7. The molecule has 2 aliphatic heterocycles. The predicted molar refractivity (Wildman–Crippen MR) is 94.8 cm³/mol. The first-order chi connectivity index (χ1) is 10.3. The van der Waals surface area contributed by atoms with Gasteiger partial charge in [-0.2, -0.15) is 0 Å². The van der Waals surface area contributed by atoms with Crippen LogP contribution in [0.25, 0.3) is 0 Å². The van der Waals surface area contributed by atoms with Gasteiger partial charge < -0.3 is 10.2 Å². The summed E-state index contributed by atoms with van der Waals surface area (Å²) in [5.41, 5.74) is 0.765. The molecule has 0 aromatic rings. The van der Waals surface area contributed by atoms with Crippen LogP contribution >= 0.6 is 0 Å². The third kappa shape index (κ3) is 5.56. The second-order valence-corrected chi connectivity index (χ2v) is 7.01. The molecule has 0 atom stereocenters. The summed E-state index contributed by atoms with van der Waals surface area (Å²) in [6.45, 7) is 17.1. The van der Waals surface area contributed by atoms with Gasteiger partial charge in [0, 0.05) is 19.6 Å². The Bertz CT molecular complexity index is 242. The van der Waals surface area contributed by atoms with Crippen LogP contribution in [0.15, 0.2) is 0 Å². The summed E-state index contributed by atoms with van der Waals surface area (Å²) in [4.78, 5) is 2.73. The van der Waals surface area contributed by atoms with Crippen molar-refractivity contribution in [2.45, 2.75) is 73.1 Å². The maximum atomic E-state index is 3.39. The van der Waals surface area contributed by atoms with Gasteiger partial charge in [0.25, 0.3) is 0 Å². The average Bonchev–Trinajstić information content (AvgIpc) is 2.52. The zero-order valence-electron chi connectivity index (χ0n) is 15.4. The van der Waals surface area contributed by atoms with Gasteiger partial charge in [0.15, 0.2) is 0 Å². The topological polar surface area (TPSA) is 15.3 Å². The summed E-state index contributed by atoms with van der Waals surface area (Å²) in [6, 6.07) is 0. The molecule has 1 spiro atoms. The maximum absolute atomic E-state index is 3.39. The lowest BCUT2D eigenvalue weighted by molar-refractivity contribution is 0.0439. The van der Waals surface area contributed by atoms with Crippen LogP contribution in [0.2, 0.25) is 0 Å². The second kappa shape index (κ2) is 9.84. The minimum atomic E-state index is 0.765. The second-order valence-electron chi connectivity index (χ2n) is 7.01. The van der Waals surface area contributed by atoms with E-state index in [1.54, 1.807) is 0 Å². The minimum Gasteiger partial charge on any atom is -0.316 e. The van der Waals surface area contributed by atoms with E-state index < -0.39 is 0 Å². The SMILES string of the molecule is CC.CC.CC1CCC2(CC1)CCN(CC1CNC1)CC2. The van der Waals surface area contributed by atoms with E-state index in [1.165, 1.54) is 71.2 Å². The van der Waals surface area contributed by atoms with Crippen LogP contribution in [-0.2, 0) is 0 Å². The van der Waals surface area contributed by atoms with Gasteiger partial charge in [-0.05, 0) is 56.0 Å². The van der Waals surface area contributed by atoms with Crippen molar-refractivity contribution in [1.82, 2.24) is 10.2 Å². The lowest BCUT2D eigenvalue weighted by Gasteiger charge is -2.46. The molecule has 3 rings (SSSR count). The molecule has 2 heterocycles. The van der Waals surface area contributed by atoms with Crippen molar-refractivity contribution in [3.63, 3.8) is 0 Å². The molecular weight excluding hydrogens is 256 g/mol. The lowest BCUT2D eigenvalue weighted by Crippen LogP contribution is -2.51. The zero-order valence-corrected chi connectivity index (χ0v) is 15.4. The molecule has 2 nitrogen and oxygen atoms in total. The van der Waals surface area contributed by atoms with Crippen LogP contribution in [0.1, 0.15) is 73.1 Å². The van der Waals surface area contributed by atoms with E-state index >= 15 is 0 Å². The maximum Gasteiger partial charge on any atom is 0.00340 e. The highest BCUT2D eigenvalue weighted by Gasteiger charge is 2.37. The Morgan fingerprint density at radius 3 is 1.86 bits per heavy atom. The van der Waals surface area contributed by atoms with Crippen molar-refractivity contribution in [2.24, 2.45) is 17.3 Å². The molecule has 0 aromatic heterocycles. The summed E-state index contributed by atoms with van der Waals surface area (Å²) < 4.78 is 0. The van der Waals surface area contributed by atoms with Gasteiger partial charge in [-0.1, -0.05) is 47.5 Å². The fourth-order valence-electron chi connectivity index (χ4n) is 3.93. The fraction of sp³-hybridized carbons (Fsp3) is 1.00. The summed E-state index contributed by atoms with van der Waals surface area (Å²) in [6.07, 6.45) is 9.00. The molecule has 21 heavy (non-hydrogen) atoms. The van der Waals surface area contributed by atoms with Crippen LogP contribution in [-0.4, -0.2) is 37.6 Å². The molecule has 2 heteroatoms. The van der Waals surface area contributed by atoms with Gasteiger partial charge >= 0.3 is 0 Å². The standard InChI is InChI=1S/C15H28N2.2C2H6/c1-13-2-4-15(5-3-13)6-8-17(9-7-15)12-14-10-16-11-14;2*1-2/h13-14,16H,2-12H2,1H3;2*1-2H3. The molecule has 0 unspecified atom stereocenters. The highest BCUT2D eigenvalue weighted by atomic mass is 15.1. The number of hydrogen-bond acceptors (Lipinski definition) is 2. The van der Waals surface area contributed by atoms with Gasteiger partial charge in [-0.3, -0.25) is 0 Å². The highest BCUT2D eigenvalue weighted by molar-refractivity contribution is 4.90. The van der Waals surface area contributed by atoms with Crippen LogP contribution in [0.4, 0.5) is 0 Å². The molecule has 0 amide bonds. The van der Waals surface area contributed by atoms with Crippen LogP contribution < -0.4 is 5.32 Å². The van der Waals surface area contributed by atoms with E-state index in [-0.39, 0.29) is 0 Å². The van der Waals surface area contributed by atoms with Crippen molar-refractivity contribution in [3.05, 3.63) is 0 Å². The van der Waals surface area contributed by atoms with E-state index in [2.05, 4.69) is 17.1 Å². The molecule has 1 N–H and O–H groups in total. The summed E-state index contributed by atoms with van der Waals surface area (Å²) >= 11 is 0. The number of rotatable bonds is 2. The Kier molecular flexibility index (Phi) is 8.89. The molecule has 0 aromatic carbocycles. The number of likely N-dealkylation sites (tertiary alicyclic amines) is 1.